The molecule has 3 unspecified atom stereocenters. The van der Waals surface area contributed by atoms with Crippen molar-refractivity contribution >= 4 is 48.0 Å². The van der Waals surface area contributed by atoms with Gasteiger partial charge in [0, 0.05) is 5.69 Å². The Balaban J connectivity index is 0.00000127. The minimum absolute atomic E-state index is 0.135. The van der Waals surface area contributed by atoms with Crippen molar-refractivity contribution < 1.29 is 42.9 Å². The maximum atomic E-state index is 14.7. The van der Waals surface area contributed by atoms with Crippen molar-refractivity contribution in [1.82, 2.24) is 15.3 Å². The summed E-state index contributed by atoms with van der Waals surface area (Å²) in [5.41, 5.74) is 7.18. The van der Waals surface area contributed by atoms with Crippen LogP contribution >= 0.6 is 0 Å². The number of cyclic esters (lactones) is 1. The highest BCUT2D eigenvalue weighted by molar-refractivity contribution is 5.97. The maximum absolute atomic E-state index is 14.7. The molecule has 15 nitrogen and oxygen atoms in total. The van der Waals surface area contributed by atoms with Gasteiger partial charge in [-0.1, -0.05) is 13.8 Å². The first kappa shape index (κ1) is 33.8. The summed E-state index contributed by atoms with van der Waals surface area (Å²) in [5, 5.41) is 17.2. The Kier molecular flexibility index (Phi) is 12.0. The van der Waals surface area contributed by atoms with E-state index >= 15 is 0 Å². The van der Waals surface area contributed by atoms with Crippen molar-refractivity contribution in [2.24, 2.45) is 11.7 Å². The third-order valence-corrected chi connectivity index (χ3v) is 6.84. The number of carboxylic acid groups (broad SMARTS) is 1. The van der Waals surface area contributed by atoms with Gasteiger partial charge < -0.3 is 41.1 Å². The third-order valence-electron chi connectivity index (χ3n) is 6.84. The van der Waals surface area contributed by atoms with Crippen LogP contribution in [0.25, 0.3) is 0 Å². The fourth-order valence-electron chi connectivity index (χ4n) is 4.92. The zero-order valence-electron chi connectivity index (χ0n) is 24.4. The molecule has 1 aromatic heterocycles. The molecule has 2 aliphatic heterocycles. The molecule has 1 saturated heterocycles. The minimum Gasteiger partial charge on any atom is -0.481 e. The molecule has 0 spiro atoms. The number of aliphatic carboxylic acids is 1. The first-order chi connectivity index (χ1) is 21.2. The average molecular weight is 618 g/mol. The second kappa shape index (κ2) is 15.7. The molecule has 2 aromatic rings. The van der Waals surface area contributed by atoms with E-state index in [4.69, 9.17) is 25.1 Å². The Morgan fingerprint density at radius 3 is 2.75 bits per heavy atom. The van der Waals surface area contributed by atoms with E-state index in [1.807, 2.05) is 20.6 Å². The fraction of sp³-hybridized carbons (Fsp3) is 0.464. The predicted octanol–water partition coefficient (Wildman–Crippen LogP) is 1.25. The number of nitrogens with one attached hydrogen (secondary N) is 3. The van der Waals surface area contributed by atoms with E-state index in [2.05, 4.69) is 25.9 Å². The molecule has 1 aliphatic carbocycles. The van der Waals surface area contributed by atoms with E-state index in [0.29, 0.717) is 37.9 Å². The van der Waals surface area contributed by atoms with Crippen LogP contribution in [0, 0.1) is 11.7 Å². The zero-order chi connectivity index (χ0) is 32.4. The number of hydrogen-bond donors (Lipinski definition) is 5. The number of aromatic nitrogens is 2. The highest BCUT2D eigenvalue weighted by Gasteiger charge is 2.34. The number of hydrogen-bond acceptors (Lipinski definition) is 11. The van der Waals surface area contributed by atoms with Gasteiger partial charge in [-0.2, -0.15) is 0 Å². The summed E-state index contributed by atoms with van der Waals surface area (Å²) in [7, 11) is 0. The van der Waals surface area contributed by atoms with Gasteiger partial charge in [-0.15, -0.1) is 0 Å². The van der Waals surface area contributed by atoms with Crippen molar-refractivity contribution in [2.45, 2.75) is 51.7 Å². The molecule has 3 heterocycles. The highest BCUT2D eigenvalue weighted by Crippen LogP contribution is 2.32. The number of halogens is 1. The number of nitrogens with two attached hydrogens (primary N) is 1. The summed E-state index contributed by atoms with van der Waals surface area (Å²) in [6.45, 7) is 7.30. The molecule has 3 atom stereocenters. The lowest BCUT2D eigenvalue weighted by Crippen LogP contribution is -2.37. The number of rotatable bonds is 10. The van der Waals surface area contributed by atoms with Crippen molar-refractivity contribution in [3.63, 3.8) is 0 Å². The van der Waals surface area contributed by atoms with E-state index in [-0.39, 0.29) is 54.3 Å². The van der Waals surface area contributed by atoms with Gasteiger partial charge in [-0.25, -0.2) is 19.2 Å². The monoisotopic (exact) mass is 617 g/mol. The van der Waals surface area contributed by atoms with Crippen LogP contribution in [0.15, 0.2) is 18.3 Å². The van der Waals surface area contributed by atoms with Crippen LogP contribution in [0.2, 0.25) is 0 Å². The molecular formula is C28H36FN7O8. The number of ether oxygens (including phenoxy) is 2. The van der Waals surface area contributed by atoms with Crippen molar-refractivity contribution in [3.8, 4) is 5.88 Å². The lowest BCUT2D eigenvalue weighted by molar-refractivity contribution is -0.138. The second-order valence-electron chi connectivity index (χ2n) is 9.89. The normalized spacial score (nSPS) is 18.6. The van der Waals surface area contributed by atoms with Crippen LogP contribution in [0.4, 0.5) is 26.5 Å². The molecule has 16 heteroatoms. The summed E-state index contributed by atoms with van der Waals surface area (Å²) in [4.78, 5) is 64.5. The van der Waals surface area contributed by atoms with Gasteiger partial charge in [0.2, 0.25) is 5.91 Å². The van der Waals surface area contributed by atoms with E-state index < -0.39 is 36.2 Å². The molecular weight excluding hydrogens is 581 g/mol. The van der Waals surface area contributed by atoms with Crippen LogP contribution < -0.4 is 31.3 Å². The third kappa shape index (κ3) is 8.44. The topological polar surface area (TPSA) is 215 Å². The Labute approximate surface area is 252 Å². The SMILES string of the molecule is C=O.CC.NC(CC(=O)O)C(=O)Nc1cc(F)c2c(c1)CC(CNCCC1CN(c3cnc4c(n3)NC(=O)CO4)C(=O)O1)C2. The summed E-state index contributed by atoms with van der Waals surface area (Å²) >= 11 is 0. The largest absolute Gasteiger partial charge is 0.481 e. The molecule has 1 fully saturated rings. The van der Waals surface area contributed by atoms with E-state index in [0.717, 1.165) is 5.56 Å². The van der Waals surface area contributed by atoms with Gasteiger partial charge in [-0.3, -0.25) is 19.3 Å². The maximum Gasteiger partial charge on any atom is 0.415 e. The average Bonchev–Trinajstić information content (AvgIpc) is 3.59. The smallest absolute Gasteiger partial charge is 0.415 e. The van der Waals surface area contributed by atoms with Gasteiger partial charge >= 0.3 is 12.1 Å². The number of nitrogens with zero attached hydrogens (tertiary/aromatic N) is 3. The van der Waals surface area contributed by atoms with Crippen LogP contribution in [0.5, 0.6) is 5.88 Å². The standard InChI is InChI=1S/C25H28FN7O7.C2H6.CH2O/c26-17-6-14(30-23(37)18(27)7-21(35)36)5-13-3-12(4-16(13)17)8-28-2-1-15-10-33(25(38)40-15)19-9-29-24-22(31-19)32-20(34)11-39-24;2*1-2/h5-6,9,12,15,18,28H,1-4,7-8,10-11,27H2,(H,30,37)(H,35,36)(H,31,32,34);1-2H3;1H2. The lowest BCUT2D eigenvalue weighted by Gasteiger charge is -2.18. The van der Waals surface area contributed by atoms with Crippen LogP contribution in [0.3, 0.4) is 0 Å². The summed E-state index contributed by atoms with van der Waals surface area (Å²) in [6, 6.07) is 1.67. The molecule has 3 amide bonds. The van der Waals surface area contributed by atoms with Gasteiger partial charge in [-0.05, 0) is 61.5 Å². The molecule has 1 aromatic carbocycles. The predicted molar refractivity (Wildman–Crippen MR) is 156 cm³/mol. The quantitative estimate of drug-likeness (QED) is 0.238. The highest BCUT2D eigenvalue weighted by atomic mass is 19.1. The molecule has 3 aliphatic rings. The number of carboxylic acids is 1. The Morgan fingerprint density at radius 1 is 1.27 bits per heavy atom. The number of benzene rings is 1. The van der Waals surface area contributed by atoms with Crippen molar-refractivity contribution in [3.05, 3.63) is 35.3 Å². The first-order valence-corrected chi connectivity index (χ1v) is 14.0. The minimum atomic E-state index is -1.24. The molecule has 0 saturated carbocycles. The molecule has 0 radical (unpaired) electrons. The number of fused-ring (bicyclic) bond motifs is 2. The molecule has 0 bridgehead atoms. The Hall–Kier alpha value is -4.70. The van der Waals surface area contributed by atoms with Crippen molar-refractivity contribution in [2.75, 3.05) is 41.8 Å². The number of carbonyl (C=O) groups excluding carboxylic acids is 4. The van der Waals surface area contributed by atoms with Crippen LogP contribution in [-0.2, 0) is 36.8 Å². The van der Waals surface area contributed by atoms with E-state index in [9.17, 15) is 23.6 Å². The molecule has 44 heavy (non-hydrogen) atoms. The first-order valence-electron chi connectivity index (χ1n) is 14.0. The summed E-state index contributed by atoms with van der Waals surface area (Å²) < 4.78 is 25.4. The van der Waals surface area contributed by atoms with E-state index in [1.165, 1.54) is 17.2 Å². The number of anilines is 3. The summed E-state index contributed by atoms with van der Waals surface area (Å²) in [5.74, 6) is -1.96. The van der Waals surface area contributed by atoms with Gasteiger partial charge in [0.1, 0.15) is 18.7 Å². The molecule has 238 valence electrons. The molecule has 5 rings (SSSR count). The van der Waals surface area contributed by atoms with Crippen LogP contribution in [0.1, 0.15) is 37.8 Å². The van der Waals surface area contributed by atoms with Crippen molar-refractivity contribution in [1.29, 1.82) is 0 Å². The van der Waals surface area contributed by atoms with Gasteiger partial charge in [0.25, 0.3) is 11.8 Å². The van der Waals surface area contributed by atoms with Gasteiger partial charge in [0.05, 0.1) is 25.2 Å². The number of carbonyl (C=O) groups is 5. The van der Waals surface area contributed by atoms with Gasteiger partial charge in [0.15, 0.2) is 18.2 Å². The molecule has 6 N–H and O–H groups in total. The zero-order valence-corrected chi connectivity index (χ0v) is 24.4. The Morgan fingerprint density at radius 2 is 2.02 bits per heavy atom. The number of amides is 3. The van der Waals surface area contributed by atoms with E-state index in [1.54, 1.807) is 6.07 Å². The lowest BCUT2D eigenvalue weighted by atomic mass is 10.1. The fourth-order valence-corrected chi connectivity index (χ4v) is 4.92. The summed E-state index contributed by atoms with van der Waals surface area (Å²) in [6.07, 6.45) is 1.61. The van der Waals surface area contributed by atoms with Crippen LogP contribution in [-0.4, -0.2) is 84.1 Å². The second-order valence-corrected chi connectivity index (χ2v) is 9.89. The Bertz CT molecular complexity index is 1380.